The van der Waals surface area contributed by atoms with E-state index in [0.717, 1.165) is 11.3 Å². The summed E-state index contributed by atoms with van der Waals surface area (Å²) in [6.07, 6.45) is 3.09. The summed E-state index contributed by atoms with van der Waals surface area (Å²) in [6, 6.07) is 1.98. The molecule has 0 aliphatic carbocycles. The third-order valence-electron chi connectivity index (χ3n) is 2.55. The molecule has 0 spiro atoms. The summed E-state index contributed by atoms with van der Waals surface area (Å²) < 4.78 is 22.2. The minimum atomic E-state index is -2.92. The van der Waals surface area contributed by atoms with E-state index in [1.165, 1.54) is 11.8 Å². The molecule has 17 heavy (non-hydrogen) atoms. The standard InChI is InChI=1S/C12H20N2O2S/c1-9-5-10(2)13-6-12(9)7-14-11(3)8-17(4,15)16/h5-6,11,14H,7-8H2,1-4H3. The molecule has 96 valence electrons. The summed E-state index contributed by atoms with van der Waals surface area (Å²) in [7, 11) is -2.92. The average molecular weight is 256 g/mol. The summed E-state index contributed by atoms with van der Waals surface area (Å²) in [6.45, 7) is 6.51. The lowest BCUT2D eigenvalue weighted by Gasteiger charge is -2.13. The average Bonchev–Trinajstić information content (AvgIpc) is 2.13. The van der Waals surface area contributed by atoms with Gasteiger partial charge in [0.2, 0.25) is 0 Å². The van der Waals surface area contributed by atoms with E-state index in [2.05, 4.69) is 10.3 Å². The van der Waals surface area contributed by atoms with Crippen LogP contribution in [0.25, 0.3) is 0 Å². The molecule has 0 saturated heterocycles. The van der Waals surface area contributed by atoms with Crippen LogP contribution < -0.4 is 5.32 Å². The number of pyridine rings is 1. The van der Waals surface area contributed by atoms with E-state index in [1.807, 2.05) is 33.0 Å². The number of hydrogen-bond donors (Lipinski definition) is 1. The lowest BCUT2D eigenvalue weighted by Crippen LogP contribution is -2.32. The van der Waals surface area contributed by atoms with Gasteiger partial charge in [-0.1, -0.05) is 0 Å². The maximum absolute atomic E-state index is 11.1. The number of sulfone groups is 1. The van der Waals surface area contributed by atoms with Gasteiger partial charge >= 0.3 is 0 Å². The Balaban J connectivity index is 2.56. The topological polar surface area (TPSA) is 59.1 Å². The normalized spacial score (nSPS) is 13.6. The maximum Gasteiger partial charge on any atom is 0.148 e. The smallest absolute Gasteiger partial charge is 0.148 e. The maximum atomic E-state index is 11.1. The lowest BCUT2D eigenvalue weighted by molar-refractivity contribution is 0.559. The van der Waals surface area contributed by atoms with Gasteiger partial charge in [0.25, 0.3) is 0 Å². The van der Waals surface area contributed by atoms with Crippen molar-refractivity contribution < 1.29 is 8.42 Å². The van der Waals surface area contributed by atoms with Crippen LogP contribution >= 0.6 is 0 Å². The zero-order chi connectivity index (χ0) is 13.1. The molecule has 0 aliphatic rings. The van der Waals surface area contributed by atoms with Gasteiger partial charge in [0, 0.05) is 30.7 Å². The fraction of sp³-hybridized carbons (Fsp3) is 0.583. The molecule has 0 amide bonds. The molecule has 1 rings (SSSR count). The summed E-state index contributed by atoms with van der Waals surface area (Å²) in [4.78, 5) is 4.23. The fourth-order valence-corrected chi connectivity index (χ4v) is 2.73. The number of nitrogens with one attached hydrogen (secondary N) is 1. The molecule has 5 heteroatoms. The Bertz CT molecular complexity index is 483. The molecule has 1 N–H and O–H groups in total. The first-order valence-corrected chi connectivity index (χ1v) is 7.67. The molecule has 0 aromatic carbocycles. The molecule has 1 atom stereocenters. The van der Waals surface area contributed by atoms with Gasteiger partial charge in [-0.3, -0.25) is 4.98 Å². The third kappa shape index (κ3) is 5.28. The first kappa shape index (κ1) is 14.1. The number of rotatable bonds is 5. The van der Waals surface area contributed by atoms with Gasteiger partial charge in [0.05, 0.1) is 5.75 Å². The minimum absolute atomic E-state index is 0.0503. The summed E-state index contributed by atoms with van der Waals surface area (Å²) in [5.41, 5.74) is 3.28. The zero-order valence-corrected chi connectivity index (χ0v) is 11.6. The number of aryl methyl sites for hydroxylation is 2. The van der Waals surface area contributed by atoms with Crippen molar-refractivity contribution in [1.29, 1.82) is 0 Å². The molecular weight excluding hydrogens is 236 g/mol. The van der Waals surface area contributed by atoms with Crippen LogP contribution in [0.15, 0.2) is 12.3 Å². The van der Waals surface area contributed by atoms with Crippen LogP contribution in [0.1, 0.15) is 23.7 Å². The molecule has 0 bridgehead atoms. The lowest BCUT2D eigenvalue weighted by atomic mass is 10.1. The minimum Gasteiger partial charge on any atom is -0.309 e. The predicted octanol–water partition coefficient (Wildman–Crippen LogP) is 1.22. The molecule has 1 aromatic rings. The molecule has 1 aromatic heterocycles. The second-order valence-electron chi connectivity index (χ2n) is 4.63. The highest BCUT2D eigenvalue weighted by Gasteiger charge is 2.10. The van der Waals surface area contributed by atoms with Crippen LogP contribution in [0.5, 0.6) is 0 Å². The third-order valence-corrected chi connectivity index (χ3v) is 3.66. The van der Waals surface area contributed by atoms with Crippen molar-refractivity contribution in [2.75, 3.05) is 12.0 Å². The van der Waals surface area contributed by atoms with Crippen LogP contribution in [-0.4, -0.2) is 31.5 Å². The summed E-state index contributed by atoms with van der Waals surface area (Å²) in [5, 5.41) is 3.20. The Kier molecular flexibility index (Phi) is 4.65. The van der Waals surface area contributed by atoms with E-state index in [-0.39, 0.29) is 11.8 Å². The first-order chi connectivity index (χ1) is 7.78. The molecular formula is C12H20N2O2S. The molecule has 1 unspecified atom stereocenters. The van der Waals surface area contributed by atoms with E-state index in [1.54, 1.807) is 0 Å². The van der Waals surface area contributed by atoms with E-state index in [9.17, 15) is 8.42 Å². The quantitative estimate of drug-likeness (QED) is 0.860. The molecule has 0 saturated carbocycles. The number of aromatic nitrogens is 1. The van der Waals surface area contributed by atoms with Crippen LogP contribution in [0.3, 0.4) is 0 Å². The highest BCUT2D eigenvalue weighted by atomic mass is 32.2. The van der Waals surface area contributed by atoms with Crippen molar-refractivity contribution in [3.05, 3.63) is 29.1 Å². The monoisotopic (exact) mass is 256 g/mol. The van der Waals surface area contributed by atoms with Crippen LogP contribution in [0.4, 0.5) is 0 Å². The van der Waals surface area contributed by atoms with Crippen molar-refractivity contribution >= 4 is 9.84 Å². The molecule has 0 aliphatic heterocycles. The van der Waals surface area contributed by atoms with Gasteiger partial charge < -0.3 is 5.32 Å². The van der Waals surface area contributed by atoms with E-state index in [4.69, 9.17) is 0 Å². The SMILES string of the molecule is Cc1cc(C)c(CNC(C)CS(C)(=O)=O)cn1. The van der Waals surface area contributed by atoms with Gasteiger partial charge in [-0.2, -0.15) is 0 Å². The van der Waals surface area contributed by atoms with Crippen LogP contribution in [0.2, 0.25) is 0 Å². The van der Waals surface area contributed by atoms with E-state index in [0.29, 0.717) is 6.54 Å². The molecule has 1 heterocycles. The first-order valence-electron chi connectivity index (χ1n) is 5.61. The second-order valence-corrected chi connectivity index (χ2v) is 6.81. The Morgan fingerprint density at radius 1 is 1.41 bits per heavy atom. The van der Waals surface area contributed by atoms with Crippen molar-refractivity contribution in [3.8, 4) is 0 Å². The van der Waals surface area contributed by atoms with Crippen molar-refractivity contribution in [2.45, 2.75) is 33.4 Å². The van der Waals surface area contributed by atoms with Gasteiger partial charge in [-0.25, -0.2) is 8.42 Å². The molecule has 0 fully saturated rings. The summed E-state index contributed by atoms with van der Waals surface area (Å²) >= 11 is 0. The number of hydrogen-bond acceptors (Lipinski definition) is 4. The number of nitrogens with zero attached hydrogens (tertiary/aromatic N) is 1. The second kappa shape index (κ2) is 5.60. The van der Waals surface area contributed by atoms with Gasteiger partial charge in [0.1, 0.15) is 9.84 Å². The van der Waals surface area contributed by atoms with Gasteiger partial charge in [-0.05, 0) is 38.0 Å². The van der Waals surface area contributed by atoms with Crippen molar-refractivity contribution in [2.24, 2.45) is 0 Å². The van der Waals surface area contributed by atoms with Gasteiger partial charge in [-0.15, -0.1) is 0 Å². The molecule has 4 nitrogen and oxygen atoms in total. The molecule has 0 radical (unpaired) electrons. The highest BCUT2D eigenvalue weighted by molar-refractivity contribution is 7.90. The van der Waals surface area contributed by atoms with Crippen molar-refractivity contribution in [3.63, 3.8) is 0 Å². The van der Waals surface area contributed by atoms with E-state index < -0.39 is 9.84 Å². The largest absolute Gasteiger partial charge is 0.309 e. The Hall–Kier alpha value is -0.940. The summed E-state index contributed by atoms with van der Waals surface area (Å²) in [5.74, 6) is 0.158. The van der Waals surface area contributed by atoms with Gasteiger partial charge in [0.15, 0.2) is 0 Å². The van der Waals surface area contributed by atoms with E-state index >= 15 is 0 Å². The predicted molar refractivity (Wildman–Crippen MR) is 69.7 cm³/mol. The van der Waals surface area contributed by atoms with Crippen molar-refractivity contribution in [1.82, 2.24) is 10.3 Å². The van der Waals surface area contributed by atoms with Crippen LogP contribution in [0, 0.1) is 13.8 Å². The Morgan fingerprint density at radius 2 is 2.06 bits per heavy atom. The van der Waals surface area contributed by atoms with Crippen LogP contribution in [-0.2, 0) is 16.4 Å². The Morgan fingerprint density at radius 3 is 2.59 bits per heavy atom. The fourth-order valence-electron chi connectivity index (χ4n) is 1.71. The zero-order valence-electron chi connectivity index (χ0n) is 10.8. The highest BCUT2D eigenvalue weighted by Crippen LogP contribution is 2.07. The Labute approximate surface area is 103 Å².